The molecule has 39 heavy (non-hydrogen) atoms. The van der Waals surface area contributed by atoms with Gasteiger partial charge in [0.05, 0.1) is 12.8 Å². The zero-order valence-corrected chi connectivity index (χ0v) is 22.9. The number of furan rings is 1. The van der Waals surface area contributed by atoms with Crippen molar-refractivity contribution in [3.63, 3.8) is 0 Å². The average Bonchev–Trinajstić information content (AvgIpc) is 3.61. The van der Waals surface area contributed by atoms with Gasteiger partial charge < -0.3 is 13.8 Å². The van der Waals surface area contributed by atoms with E-state index in [4.69, 9.17) is 8.94 Å². The van der Waals surface area contributed by atoms with E-state index < -0.39 is 15.8 Å². The van der Waals surface area contributed by atoms with E-state index in [1.165, 1.54) is 28.9 Å². The lowest BCUT2D eigenvalue weighted by Crippen LogP contribution is -2.47. The van der Waals surface area contributed by atoms with Gasteiger partial charge in [0.15, 0.2) is 10.7 Å². The fourth-order valence-corrected chi connectivity index (χ4v) is 7.35. The van der Waals surface area contributed by atoms with Gasteiger partial charge in [0.2, 0.25) is 15.9 Å². The van der Waals surface area contributed by atoms with Crippen LogP contribution in [0.4, 0.5) is 4.39 Å². The number of aryl methyl sites for hydroxylation is 1. The Morgan fingerprint density at radius 1 is 1.08 bits per heavy atom. The van der Waals surface area contributed by atoms with Crippen molar-refractivity contribution in [3.8, 4) is 0 Å². The standard InChI is InChI=1S/C29H34FN3O5S/c1-21-28(27(38-31-21)14-13-22-8-5-6-12-26(22)30)39(35,36)32-17-15-23(16-18-32)29(34)33(20-25-11-7-19-37-25)24-9-3-2-4-10-24/h5-8,11-14,19,23-24H,2-4,9-10,15-18,20H2,1H3. The molecule has 5 rings (SSSR count). The molecule has 0 radical (unpaired) electrons. The predicted molar refractivity (Wildman–Crippen MR) is 144 cm³/mol. The van der Waals surface area contributed by atoms with Gasteiger partial charge in [0, 0.05) is 30.6 Å². The highest BCUT2D eigenvalue weighted by molar-refractivity contribution is 7.89. The Bertz CT molecular complexity index is 1400. The number of carbonyl (C=O) groups is 1. The van der Waals surface area contributed by atoms with E-state index in [1.54, 1.807) is 31.4 Å². The first kappa shape index (κ1) is 27.3. The van der Waals surface area contributed by atoms with Crippen LogP contribution in [0.25, 0.3) is 12.2 Å². The molecule has 0 N–H and O–H groups in total. The van der Waals surface area contributed by atoms with Crippen LogP contribution in [0.15, 0.2) is 56.5 Å². The number of carbonyl (C=O) groups excluding carboxylic acids is 1. The van der Waals surface area contributed by atoms with Crippen LogP contribution in [-0.2, 0) is 21.4 Å². The molecule has 10 heteroatoms. The summed E-state index contributed by atoms with van der Waals surface area (Å²) >= 11 is 0. The van der Waals surface area contributed by atoms with Crippen LogP contribution >= 0.6 is 0 Å². The summed E-state index contributed by atoms with van der Waals surface area (Å²) in [5.74, 6) is 0.210. The lowest BCUT2D eigenvalue weighted by atomic mass is 9.91. The molecule has 0 spiro atoms. The summed E-state index contributed by atoms with van der Waals surface area (Å²) in [6.45, 7) is 2.45. The second-order valence-corrected chi connectivity index (χ2v) is 12.2. The Balaban J connectivity index is 1.29. The first-order valence-corrected chi connectivity index (χ1v) is 15.0. The second-order valence-electron chi connectivity index (χ2n) is 10.3. The summed E-state index contributed by atoms with van der Waals surface area (Å²) < 4.78 is 53.6. The van der Waals surface area contributed by atoms with E-state index in [2.05, 4.69) is 5.16 Å². The van der Waals surface area contributed by atoms with Crippen LogP contribution in [0.1, 0.15) is 67.7 Å². The lowest BCUT2D eigenvalue weighted by molar-refractivity contribution is -0.141. The maximum atomic E-state index is 14.0. The van der Waals surface area contributed by atoms with Gasteiger partial charge in [0.25, 0.3) is 0 Å². The SMILES string of the molecule is Cc1noc(C=Cc2ccccc2F)c1S(=O)(=O)N1CCC(C(=O)N(Cc2ccco2)C2CCCCC2)CC1. The number of hydrogen-bond donors (Lipinski definition) is 0. The van der Waals surface area contributed by atoms with Gasteiger partial charge in [-0.1, -0.05) is 42.6 Å². The van der Waals surface area contributed by atoms with Crippen molar-refractivity contribution in [2.75, 3.05) is 13.1 Å². The number of hydrogen-bond acceptors (Lipinski definition) is 6. The maximum absolute atomic E-state index is 14.0. The number of sulfonamides is 1. The number of rotatable bonds is 8. The molecule has 8 nitrogen and oxygen atoms in total. The van der Waals surface area contributed by atoms with E-state index in [1.807, 2.05) is 17.0 Å². The topological polar surface area (TPSA) is 96.9 Å². The summed E-state index contributed by atoms with van der Waals surface area (Å²) in [5, 5.41) is 3.87. The summed E-state index contributed by atoms with van der Waals surface area (Å²) in [7, 11) is -3.93. The lowest BCUT2D eigenvalue weighted by Gasteiger charge is -2.38. The average molecular weight is 556 g/mol. The van der Waals surface area contributed by atoms with Crippen LogP contribution in [-0.4, -0.2) is 47.8 Å². The summed E-state index contributed by atoms with van der Waals surface area (Å²) in [6.07, 6.45) is 10.8. The van der Waals surface area contributed by atoms with E-state index in [-0.39, 0.29) is 47.3 Å². The van der Waals surface area contributed by atoms with Crippen molar-refractivity contribution in [2.45, 2.75) is 69.4 Å². The number of halogens is 1. The van der Waals surface area contributed by atoms with E-state index in [0.29, 0.717) is 24.9 Å². The van der Waals surface area contributed by atoms with Crippen molar-refractivity contribution in [1.29, 1.82) is 0 Å². The van der Waals surface area contributed by atoms with E-state index >= 15 is 0 Å². The monoisotopic (exact) mass is 555 g/mol. The molecule has 1 aromatic carbocycles. The molecule has 1 amide bonds. The van der Waals surface area contributed by atoms with Crippen LogP contribution in [0.5, 0.6) is 0 Å². The van der Waals surface area contributed by atoms with Crippen LogP contribution in [0.2, 0.25) is 0 Å². The van der Waals surface area contributed by atoms with Gasteiger partial charge in [-0.2, -0.15) is 4.31 Å². The van der Waals surface area contributed by atoms with E-state index in [9.17, 15) is 17.6 Å². The van der Waals surface area contributed by atoms with Crippen LogP contribution < -0.4 is 0 Å². The highest BCUT2D eigenvalue weighted by atomic mass is 32.2. The summed E-state index contributed by atoms with van der Waals surface area (Å²) in [5.41, 5.74) is 0.551. The second kappa shape index (κ2) is 11.9. The molecule has 1 aliphatic heterocycles. The number of amides is 1. The first-order chi connectivity index (χ1) is 18.8. The number of nitrogens with zero attached hydrogens (tertiary/aromatic N) is 3. The minimum Gasteiger partial charge on any atom is -0.467 e. The fourth-order valence-electron chi connectivity index (χ4n) is 5.63. The zero-order valence-electron chi connectivity index (χ0n) is 22.1. The Kier molecular flexibility index (Phi) is 8.32. The normalized spacial score (nSPS) is 18.1. The number of aromatic nitrogens is 1. The van der Waals surface area contributed by atoms with Gasteiger partial charge in [-0.25, -0.2) is 12.8 Å². The molecule has 2 fully saturated rings. The third-order valence-corrected chi connectivity index (χ3v) is 9.82. The van der Waals surface area contributed by atoms with Crippen molar-refractivity contribution in [1.82, 2.24) is 14.4 Å². The van der Waals surface area contributed by atoms with Gasteiger partial charge in [-0.3, -0.25) is 4.79 Å². The van der Waals surface area contributed by atoms with Gasteiger partial charge in [-0.15, -0.1) is 0 Å². The fraction of sp³-hybridized carbons (Fsp3) is 0.448. The minimum absolute atomic E-state index is 0.0264. The van der Waals surface area contributed by atoms with Crippen molar-refractivity contribution in [2.24, 2.45) is 5.92 Å². The molecule has 1 aliphatic carbocycles. The Morgan fingerprint density at radius 2 is 1.82 bits per heavy atom. The molecule has 208 valence electrons. The Labute approximate surface area is 228 Å². The summed E-state index contributed by atoms with van der Waals surface area (Å²) in [6, 6.07) is 10.1. The van der Waals surface area contributed by atoms with Crippen molar-refractivity contribution in [3.05, 3.63) is 71.3 Å². The van der Waals surface area contributed by atoms with Crippen LogP contribution in [0, 0.1) is 18.7 Å². The third-order valence-electron chi connectivity index (χ3n) is 7.76. The molecule has 0 bridgehead atoms. The molecule has 3 heterocycles. The molecule has 3 aromatic rings. The molecular formula is C29H34FN3O5S. The first-order valence-electron chi connectivity index (χ1n) is 13.6. The van der Waals surface area contributed by atoms with Crippen molar-refractivity contribution >= 4 is 28.1 Å². The molecule has 1 saturated heterocycles. The van der Waals surface area contributed by atoms with Gasteiger partial charge in [-0.05, 0) is 63.0 Å². The largest absolute Gasteiger partial charge is 0.467 e. The highest BCUT2D eigenvalue weighted by Gasteiger charge is 2.38. The maximum Gasteiger partial charge on any atom is 0.248 e. The van der Waals surface area contributed by atoms with Crippen molar-refractivity contribution < 1.29 is 26.5 Å². The van der Waals surface area contributed by atoms with Crippen LogP contribution in [0.3, 0.4) is 0 Å². The summed E-state index contributed by atoms with van der Waals surface area (Å²) in [4.78, 5) is 15.7. The third kappa shape index (κ3) is 6.01. The molecule has 2 aliphatic rings. The van der Waals surface area contributed by atoms with E-state index in [0.717, 1.165) is 31.4 Å². The number of piperidine rings is 1. The number of benzene rings is 1. The van der Waals surface area contributed by atoms with Gasteiger partial charge >= 0.3 is 0 Å². The molecule has 2 aromatic heterocycles. The Hall–Kier alpha value is -3.24. The smallest absolute Gasteiger partial charge is 0.248 e. The molecule has 0 unspecified atom stereocenters. The highest BCUT2D eigenvalue weighted by Crippen LogP contribution is 2.32. The van der Waals surface area contributed by atoms with Gasteiger partial charge in [0.1, 0.15) is 17.3 Å². The minimum atomic E-state index is -3.93. The predicted octanol–water partition coefficient (Wildman–Crippen LogP) is 5.65. The molecular weight excluding hydrogens is 521 g/mol. The molecule has 0 atom stereocenters. The zero-order chi connectivity index (χ0) is 27.4. The Morgan fingerprint density at radius 3 is 2.51 bits per heavy atom. The molecule has 1 saturated carbocycles. The quantitative estimate of drug-likeness (QED) is 0.357.